The van der Waals surface area contributed by atoms with Crippen LogP contribution in [0.15, 0.2) is 84.2 Å². The molecule has 0 spiro atoms. The van der Waals surface area contributed by atoms with Crippen LogP contribution in [0, 0.1) is 6.92 Å². The van der Waals surface area contributed by atoms with Crippen LogP contribution in [0.5, 0.6) is 5.75 Å². The van der Waals surface area contributed by atoms with Gasteiger partial charge >= 0.3 is 0 Å². The number of carbonyl (C=O) groups excluding carboxylic acids is 1. The molecule has 0 saturated heterocycles. The van der Waals surface area contributed by atoms with Gasteiger partial charge in [0.15, 0.2) is 5.13 Å². The molecule has 1 aromatic heterocycles. The number of hydrogen-bond donors (Lipinski definition) is 2. The van der Waals surface area contributed by atoms with Crippen molar-refractivity contribution < 1.29 is 9.53 Å². The van der Waals surface area contributed by atoms with Gasteiger partial charge in [-0.1, -0.05) is 60.2 Å². The minimum absolute atomic E-state index is 0.174. The molecule has 31 heavy (non-hydrogen) atoms. The molecule has 2 N–H and O–H groups in total. The van der Waals surface area contributed by atoms with Gasteiger partial charge in [-0.3, -0.25) is 10.1 Å². The van der Waals surface area contributed by atoms with Gasteiger partial charge in [-0.2, -0.15) is 0 Å². The molecule has 0 aliphatic heterocycles. The summed E-state index contributed by atoms with van der Waals surface area (Å²) in [7, 11) is 1.63. The van der Waals surface area contributed by atoms with Crippen molar-refractivity contribution in [3.05, 3.63) is 95.4 Å². The van der Waals surface area contributed by atoms with Crippen molar-refractivity contribution in [2.75, 3.05) is 17.7 Å². The summed E-state index contributed by atoms with van der Waals surface area (Å²) in [5.41, 5.74) is 4.76. The Morgan fingerprint density at radius 3 is 2.35 bits per heavy atom. The second kappa shape index (κ2) is 9.45. The number of hydrogen-bond acceptors (Lipinski definition) is 5. The highest BCUT2D eigenvalue weighted by atomic mass is 32.1. The number of carbonyl (C=O) groups is 1. The molecule has 0 fully saturated rings. The summed E-state index contributed by atoms with van der Waals surface area (Å²) in [4.78, 5) is 17.8. The largest absolute Gasteiger partial charge is 0.497 e. The summed E-state index contributed by atoms with van der Waals surface area (Å²) in [6.45, 7) is 2.05. The number of amides is 1. The summed E-state index contributed by atoms with van der Waals surface area (Å²) < 4.78 is 5.22. The molecule has 6 heteroatoms. The number of aromatic nitrogens is 1. The van der Waals surface area contributed by atoms with Crippen LogP contribution in [0.1, 0.15) is 17.2 Å². The zero-order valence-corrected chi connectivity index (χ0v) is 18.1. The molecule has 0 saturated carbocycles. The number of methoxy groups -OCH3 is 1. The van der Waals surface area contributed by atoms with Gasteiger partial charge in [-0.25, -0.2) is 4.98 Å². The summed E-state index contributed by atoms with van der Waals surface area (Å²) >= 11 is 1.41. The SMILES string of the molecule is COc1ccc(NC(C(=O)Nc2nc(-c3ccc(C)cc3)cs2)c2ccccc2)cc1. The molecule has 5 nitrogen and oxygen atoms in total. The van der Waals surface area contributed by atoms with Crippen LogP contribution in [-0.4, -0.2) is 18.0 Å². The Morgan fingerprint density at radius 1 is 0.968 bits per heavy atom. The molecule has 3 aromatic carbocycles. The predicted octanol–water partition coefficient (Wildman–Crippen LogP) is 5.92. The van der Waals surface area contributed by atoms with E-state index in [0.29, 0.717) is 5.13 Å². The zero-order valence-electron chi connectivity index (χ0n) is 17.3. The minimum Gasteiger partial charge on any atom is -0.497 e. The van der Waals surface area contributed by atoms with E-state index in [1.54, 1.807) is 7.11 Å². The number of aryl methyl sites for hydroxylation is 1. The number of thiazole rings is 1. The van der Waals surface area contributed by atoms with E-state index in [0.717, 1.165) is 28.3 Å². The van der Waals surface area contributed by atoms with Gasteiger partial charge in [0.2, 0.25) is 0 Å². The van der Waals surface area contributed by atoms with Crippen LogP contribution in [0.3, 0.4) is 0 Å². The number of ether oxygens (including phenoxy) is 1. The lowest BCUT2D eigenvalue weighted by molar-refractivity contribution is -0.117. The number of anilines is 2. The first kappa shape index (κ1) is 20.6. The number of nitrogens with one attached hydrogen (secondary N) is 2. The van der Waals surface area contributed by atoms with Gasteiger partial charge in [0.1, 0.15) is 11.8 Å². The molecule has 0 bridgehead atoms. The number of nitrogens with zero attached hydrogens (tertiary/aromatic N) is 1. The van der Waals surface area contributed by atoms with Crippen LogP contribution in [0.4, 0.5) is 10.8 Å². The van der Waals surface area contributed by atoms with Crippen LogP contribution < -0.4 is 15.4 Å². The Kier molecular flexibility index (Phi) is 6.29. The van der Waals surface area contributed by atoms with E-state index >= 15 is 0 Å². The van der Waals surface area contributed by atoms with Gasteiger partial charge in [0.25, 0.3) is 5.91 Å². The van der Waals surface area contributed by atoms with Gasteiger partial charge in [0, 0.05) is 16.6 Å². The van der Waals surface area contributed by atoms with Crippen LogP contribution >= 0.6 is 11.3 Å². The second-order valence-corrected chi connectivity index (χ2v) is 7.97. The summed E-state index contributed by atoms with van der Waals surface area (Å²) in [6.07, 6.45) is 0. The third-order valence-corrected chi connectivity index (χ3v) is 5.64. The summed E-state index contributed by atoms with van der Waals surface area (Å²) in [6, 6.07) is 24.7. The molecule has 4 aromatic rings. The molecule has 0 aliphatic rings. The van der Waals surface area contributed by atoms with E-state index < -0.39 is 6.04 Å². The maximum Gasteiger partial charge on any atom is 0.253 e. The molecule has 1 heterocycles. The van der Waals surface area contributed by atoms with Gasteiger partial charge in [0.05, 0.1) is 12.8 Å². The van der Waals surface area contributed by atoms with Gasteiger partial charge in [-0.05, 0) is 36.8 Å². The second-order valence-electron chi connectivity index (χ2n) is 7.11. The molecular weight excluding hydrogens is 406 g/mol. The molecule has 1 atom stereocenters. The van der Waals surface area contributed by atoms with Crippen LogP contribution in [-0.2, 0) is 4.79 Å². The molecular formula is C25H23N3O2S. The Hall–Kier alpha value is -3.64. The van der Waals surface area contributed by atoms with E-state index in [1.807, 2.05) is 72.1 Å². The molecule has 156 valence electrons. The first-order chi connectivity index (χ1) is 15.1. The van der Waals surface area contributed by atoms with E-state index in [-0.39, 0.29) is 5.91 Å². The Labute approximate surface area is 185 Å². The Bertz CT molecular complexity index is 1140. The van der Waals surface area contributed by atoms with Crippen molar-refractivity contribution >= 4 is 28.1 Å². The average molecular weight is 430 g/mol. The van der Waals surface area contributed by atoms with Crippen molar-refractivity contribution in [2.24, 2.45) is 0 Å². The topological polar surface area (TPSA) is 63.2 Å². The molecule has 1 amide bonds. The Balaban J connectivity index is 1.54. The maximum absolute atomic E-state index is 13.2. The van der Waals surface area contributed by atoms with Gasteiger partial charge < -0.3 is 10.1 Å². The third kappa shape index (κ3) is 5.10. The fourth-order valence-corrected chi connectivity index (χ4v) is 3.89. The lowest BCUT2D eigenvalue weighted by Crippen LogP contribution is -2.27. The first-order valence-electron chi connectivity index (χ1n) is 9.91. The quantitative estimate of drug-likeness (QED) is 0.383. The maximum atomic E-state index is 13.2. The lowest BCUT2D eigenvalue weighted by Gasteiger charge is -2.19. The van der Waals surface area contributed by atoms with Crippen molar-refractivity contribution in [3.8, 4) is 17.0 Å². The average Bonchev–Trinajstić information content (AvgIpc) is 3.27. The fraction of sp³-hybridized carbons (Fsp3) is 0.120. The Morgan fingerprint density at radius 2 is 1.68 bits per heavy atom. The first-order valence-corrected chi connectivity index (χ1v) is 10.8. The van der Waals surface area contributed by atoms with Crippen molar-refractivity contribution in [3.63, 3.8) is 0 Å². The highest BCUT2D eigenvalue weighted by molar-refractivity contribution is 7.14. The monoisotopic (exact) mass is 429 g/mol. The molecule has 1 unspecified atom stereocenters. The van der Waals surface area contributed by atoms with Crippen molar-refractivity contribution in [1.82, 2.24) is 4.98 Å². The smallest absolute Gasteiger partial charge is 0.253 e. The molecule has 0 aliphatic carbocycles. The molecule has 4 rings (SSSR count). The molecule has 0 radical (unpaired) electrons. The normalized spacial score (nSPS) is 11.5. The van der Waals surface area contributed by atoms with Gasteiger partial charge in [-0.15, -0.1) is 11.3 Å². The predicted molar refractivity (Wildman–Crippen MR) is 127 cm³/mol. The van der Waals surface area contributed by atoms with E-state index in [2.05, 4.69) is 34.7 Å². The van der Waals surface area contributed by atoms with E-state index in [9.17, 15) is 4.79 Å². The van der Waals surface area contributed by atoms with Crippen molar-refractivity contribution in [1.29, 1.82) is 0 Å². The highest BCUT2D eigenvalue weighted by Crippen LogP contribution is 2.27. The lowest BCUT2D eigenvalue weighted by atomic mass is 10.1. The summed E-state index contributed by atoms with van der Waals surface area (Å²) in [5, 5.41) is 8.81. The fourth-order valence-electron chi connectivity index (χ4n) is 3.17. The number of benzene rings is 3. The van der Waals surface area contributed by atoms with E-state index in [1.165, 1.54) is 16.9 Å². The number of rotatable bonds is 7. The summed E-state index contributed by atoms with van der Waals surface area (Å²) in [5.74, 6) is 0.588. The van der Waals surface area contributed by atoms with Crippen LogP contribution in [0.2, 0.25) is 0 Å². The van der Waals surface area contributed by atoms with Crippen molar-refractivity contribution in [2.45, 2.75) is 13.0 Å². The third-order valence-electron chi connectivity index (χ3n) is 4.88. The zero-order chi connectivity index (χ0) is 21.6. The standard InChI is InChI=1S/C25H23N3O2S/c1-17-8-10-18(11-9-17)22-16-31-25(27-22)28-24(29)23(19-6-4-3-5-7-19)26-20-12-14-21(30-2)15-13-20/h3-16,23,26H,1-2H3,(H,27,28,29). The van der Waals surface area contributed by atoms with E-state index in [4.69, 9.17) is 4.74 Å². The van der Waals surface area contributed by atoms with Crippen LogP contribution in [0.25, 0.3) is 11.3 Å². The highest BCUT2D eigenvalue weighted by Gasteiger charge is 2.22. The minimum atomic E-state index is -0.568.